The van der Waals surface area contributed by atoms with E-state index in [-0.39, 0.29) is 6.01 Å². The highest BCUT2D eigenvalue weighted by molar-refractivity contribution is 5.35. The number of hydrogen-bond donors (Lipinski definition) is 1. The summed E-state index contributed by atoms with van der Waals surface area (Å²) in [6.07, 6.45) is 3.79. The summed E-state index contributed by atoms with van der Waals surface area (Å²) in [5.74, 6) is 1.98. The topological polar surface area (TPSA) is 91.7 Å². The van der Waals surface area contributed by atoms with Crippen LogP contribution in [0.2, 0.25) is 0 Å². The third-order valence-corrected chi connectivity index (χ3v) is 2.46. The van der Waals surface area contributed by atoms with Crippen molar-refractivity contribution in [3.8, 4) is 11.9 Å². The lowest BCUT2D eigenvalue weighted by molar-refractivity contribution is 0.419. The average Bonchev–Trinajstić information content (AvgIpc) is 3.03. The predicted molar refractivity (Wildman–Crippen MR) is 59.5 cm³/mol. The maximum atomic E-state index is 5.71. The predicted octanol–water partition coefficient (Wildman–Crippen LogP) is 0.857. The summed E-state index contributed by atoms with van der Waals surface area (Å²) in [5.41, 5.74) is 5.71. The number of rotatable bonds is 3. The zero-order chi connectivity index (χ0) is 11.8. The largest absolute Gasteiger partial charge is 0.404 e. The van der Waals surface area contributed by atoms with Gasteiger partial charge < -0.3 is 10.5 Å². The van der Waals surface area contributed by atoms with Crippen LogP contribution < -0.4 is 10.5 Å². The second-order valence-corrected chi connectivity index (χ2v) is 4.07. The van der Waals surface area contributed by atoms with E-state index in [9.17, 15) is 0 Å². The van der Waals surface area contributed by atoms with Crippen molar-refractivity contribution >= 4 is 5.82 Å². The maximum absolute atomic E-state index is 5.71. The Morgan fingerprint density at radius 3 is 2.88 bits per heavy atom. The lowest BCUT2D eigenvalue weighted by Crippen LogP contribution is -2.01. The maximum Gasteiger partial charge on any atom is 0.342 e. The zero-order valence-electron chi connectivity index (χ0n) is 9.37. The summed E-state index contributed by atoms with van der Waals surface area (Å²) in [6.45, 7) is 0. The van der Waals surface area contributed by atoms with Gasteiger partial charge in [0.25, 0.3) is 0 Å². The van der Waals surface area contributed by atoms with Crippen LogP contribution in [0.15, 0.2) is 12.4 Å². The van der Waals surface area contributed by atoms with Crippen LogP contribution in [0.25, 0.3) is 0 Å². The molecule has 3 rings (SSSR count). The van der Waals surface area contributed by atoms with Crippen LogP contribution in [-0.4, -0.2) is 24.7 Å². The molecule has 2 aromatic rings. The van der Waals surface area contributed by atoms with Crippen LogP contribution in [0.5, 0.6) is 11.9 Å². The number of nitrogen functional groups attached to an aromatic ring is 1. The molecule has 2 aromatic heterocycles. The van der Waals surface area contributed by atoms with Crippen molar-refractivity contribution in [2.75, 3.05) is 5.73 Å². The molecule has 1 aliphatic carbocycles. The number of nitrogens with zero attached hydrogens (tertiary/aromatic N) is 5. The van der Waals surface area contributed by atoms with Crippen LogP contribution in [-0.2, 0) is 7.05 Å². The van der Waals surface area contributed by atoms with E-state index in [2.05, 4.69) is 20.1 Å². The molecule has 7 heteroatoms. The van der Waals surface area contributed by atoms with Gasteiger partial charge in [-0.2, -0.15) is 9.97 Å². The quantitative estimate of drug-likeness (QED) is 0.843. The summed E-state index contributed by atoms with van der Waals surface area (Å²) in [7, 11) is 1.77. The Bertz CT molecular complexity index is 547. The van der Waals surface area contributed by atoms with Gasteiger partial charge in [-0.1, -0.05) is 0 Å². The summed E-state index contributed by atoms with van der Waals surface area (Å²) in [4.78, 5) is 12.4. The molecule has 0 aromatic carbocycles. The van der Waals surface area contributed by atoms with Gasteiger partial charge in [0.2, 0.25) is 5.88 Å². The van der Waals surface area contributed by atoms with Gasteiger partial charge in [-0.3, -0.25) is 4.68 Å². The highest BCUT2D eigenvalue weighted by atomic mass is 16.5. The van der Waals surface area contributed by atoms with Crippen molar-refractivity contribution in [3.05, 3.63) is 18.2 Å². The van der Waals surface area contributed by atoms with Crippen molar-refractivity contribution < 1.29 is 4.74 Å². The first-order chi connectivity index (χ1) is 8.20. The highest BCUT2D eigenvalue weighted by Gasteiger charge is 2.27. The normalized spacial score (nSPS) is 14.9. The summed E-state index contributed by atoms with van der Waals surface area (Å²) >= 11 is 0. The van der Waals surface area contributed by atoms with Gasteiger partial charge in [-0.05, 0) is 12.8 Å². The van der Waals surface area contributed by atoms with Gasteiger partial charge in [0.15, 0.2) is 0 Å². The molecular formula is C10H12N6O. The molecule has 0 radical (unpaired) electrons. The molecular weight excluding hydrogens is 220 g/mol. The number of aryl methyl sites for hydroxylation is 1. The number of anilines is 1. The molecule has 0 bridgehead atoms. The molecule has 0 unspecified atom stereocenters. The number of nitrogens with two attached hydrogens (primary N) is 1. The van der Waals surface area contributed by atoms with Crippen LogP contribution >= 0.6 is 0 Å². The van der Waals surface area contributed by atoms with E-state index < -0.39 is 0 Å². The first-order valence-corrected chi connectivity index (χ1v) is 5.38. The van der Waals surface area contributed by atoms with Gasteiger partial charge in [0.1, 0.15) is 18.0 Å². The standard InChI is InChI=1S/C10H12N6O/c1-16-5-12-10(15-16)17-8-4-7(11)13-9(14-8)6-2-3-6/h4-6H,2-3H2,1H3,(H2,11,13,14). The number of hydrogen-bond acceptors (Lipinski definition) is 6. The minimum absolute atomic E-state index is 0.257. The summed E-state index contributed by atoms with van der Waals surface area (Å²) in [6, 6.07) is 1.83. The molecule has 0 aliphatic heterocycles. The second-order valence-electron chi connectivity index (χ2n) is 4.07. The molecule has 1 aliphatic rings. The first-order valence-electron chi connectivity index (χ1n) is 5.38. The fraction of sp³-hybridized carbons (Fsp3) is 0.400. The molecule has 1 fully saturated rings. The van der Waals surface area contributed by atoms with Gasteiger partial charge in [-0.15, -0.1) is 5.10 Å². The number of aromatic nitrogens is 5. The van der Waals surface area contributed by atoms with E-state index in [0.717, 1.165) is 18.7 Å². The smallest absolute Gasteiger partial charge is 0.342 e. The molecule has 88 valence electrons. The van der Waals surface area contributed by atoms with Crippen molar-refractivity contribution in [3.63, 3.8) is 0 Å². The first kappa shape index (κ1) is 10.0. The Hall–Kier alpha value is -2.18. The molecule has 2 N–H and O–H groups in total. The van der Waals surface area contributed by atoms with Crippen LogP contribution in [0.1, 0.15) is 24.6 Å². The summed E-state index contributed by atoms with van der Waals surface area (Å²) in [5, 5.41) is 4.01. The van der Waals surface area contributed by atoms with E-state index in [1.54, 1.807) is 24.1 Å². The second kappa shape index (κ2) is 3.69. The Kier molecular flexibility index (Phi) is 2.17. The fourth-order valence-electron chi connectivity index (χ4n) is 1.50. The fourth-order valence-corrected chi connectivity index (χ4v) is 1.50. The van der Waals surface area contributed by atoms with Crippen molar-refractivity contribution in [1.29, 1.82) is 0 Å². The molecule has 0 saturated heterocycles. The monoisotopic (exact) mass is 232 g/mol. The Labute approximate surface area is 97.7 Å². The van der Waals surface area contributed by atoms with E-state index in [0.29, 0.717) is 17.6 Å². The zero-order valence-corrected chi connectivity index (χ0v) is 9.37. The van der Waals surface area contributed by atoms with Crippen LogP contribution in [0.3, 0.4) is 0 Å². The van der Waals surface area contributed by atoms with Crippen molar-refractivity contribution in [2.24, 2.45) is 7.05 Å². The minimum Gasteiger partial charge on any atom is -0.404 e. The van der Waals surface area contributed by atoms with Crippen molar-refractivity contribution in [1.82, 2.24) is 24.7 Å². The molecule has 17 heavy (non-hydrogen) atoms. The third kappa shape index (κ3) is 2.17. The Morgan fingerprint density at radius 1 is 1.41 bits per heavy atom. The van der Waals surface area contributed by atoms with Gasteiger partial charge in [0, 0.05) is 19.0 Å². The lowest BCUT2D eigenvalue weighted by Gasteiger charge is -2.03. The van der Waals surface area contributed by atoms with E-state index in [1.165, 1.54) is 0 Å². The Morgan fingerprint density at radius 2 is 2.24 bits per heavy atom. The highest BCUT2D eigenvalue weighted by Crippen LogP contribution is 2.39. The minimum atomic E-state index is 0.257. The molecule has 0 amide bonds. The molecule has 7 nitrogen and oxygen atoms in total. The summed E-state index contributed by atoms with van der Waals surface area (Å²) < 4.78 is 6.98. The SMILES string of the molecule is Cn1cnc(Oc2cc(N)nc(C3CC3)n2)n1. The van der Waals surface area contributed by atoms with Crippen molar-refractivity contribution in [2.45, 2.75) is 18.8 Å². The van der Waals surface area contributed by atoms with Gasteiger partial charge in [0.05, 0.1) is 0 Å². The molecule has 0 spiro atoms. The molecule has 1 saturated carbocycles. The molecule has 2 heterocycles. The van der Waals surface area contributed by atoms with E-state index in [4.69, 9.17) is 10.5 Å². The van der Waals surface area contributed by atoms with Crippen LogP contribution in [0.4, 0.5) is 5.82 Å². The third-order valence-electron chi connectivity index (χ3n) is 2.46. The van der Waals surface area contributed by atoms with Gasteiger partial charge in [-0.25, -0.2) is 4.98 Å². The average molecular weight is 232 g/mol. The Balaban J connectivity index is 1.86. The molecule has 0 atom stereocenters. The van der Waals surface area contributed by atoms with Gasteiger partial charge >= 0.3 is 6.01 Å². The lowest BCUT2D eigenvalue weighted by atomic mass is 10.4. The van der Waals surface area contributed by atoms with E-state index >= 15 is 0 Å². The number of ether oxygens (including phenoxy) is 1. The van der Waals surface area contributed by atoms with E-state index in [1.807, 2.05) is 0 Å². The van der Waals surface area contributed by atoms with Crippen LogP contribution in [0, 0.1) is 0 Å².